The molecule has 0 bridgehead atoms. The molecule has 0 amide bonds. The molecule has 6 nitrogen and oxygen atoms in total. The third-order valence-electron chi connectivity index (χ3n) is 2.42. The maximum atomic E-state index is 13.7. The molecular formula is C11H11F2N3O3. The molecule has 1 aromatic carbocycles. The molecule has 0 aliphatic carbocycles. The van der Waals surface area contributed by atoms with E-state index in [0.717, 1.165) is 0 Å². The first-order valence-electron chi connectivity index (χ1n) is 5.25. The molecular weight excluding hydrogens is 260 g/mol. The van der Waals surface area contributed by atoms with Crippen LogP contribution in [0.4, 0.5) is 8.78 Å². The SMILES string of the molecule is COc1c(F)cc(F)c(OC)c1-c1noc(CN)n1. The van der Waals surface area contributed by atoms with Gasteiger partial charge in [-0.1, -0.05) is 5.16 Å². The van der Waals surface area contributed by atoms with Crippen LogP contribution in [0.5, 0.6) is 11.5 Å². The maximum Gasteiger partial charge on any atom is 0.240 e. The Morgan fingerprint density at radius 3 is 2.21 bits per heavy atom. The summed E-state index contributed by atoms with van der Waals surface area (Å²) in [6, 6.07) is 0.658. The van der Waals surface area contributed by atoms with Crippen molar-refractivity contribution >= 4 is 0 Å². The number of rotatable bonds is 4. The largest absolute Gasteiger partial charge is 0.493 e. The lowest BCUT2D eigenvalue weighted by Gasteiger charge is -2.11. The summed E-state index contributed by atoms with van der Waals surface area (Å²) in [6.45, 7) is 0.00935. The number of nitrogens with two attached hydrogens (primary N) is 1. The van der Waals surface area contributed by atoms with Crippen molar-refractivity contribution in [3.63, 3.8) is 0 Å². The fourth-order valence-corrected chi connectivity index (χ4v) is 1.63. The highest BCUT2D eigenvalue weighted by atomic mass is 19.1. The molecule has 0 saturated heterocycles. The first-order chi connectivity index (χ1) is 9.12. The van der Waals surface area contributed by atoms with Gasteiger partial charge in [0.15, 0.2) is 23.1 Å². The van der Waals surface area contributed by atoms with E-state index < -0.39 is 11.6 Å². The Morgan fingerprint density at radius 1 is 1.21 bits per heavy atom. The predicted molar refractivity (Wildman–Crippen MR) is 60.6 cm³/mol. The molecule has 2 rings (SSSR count). The van der Waals surface area contributed by atoms with Crippen molar-refractivity contribution in [3.05, 3.63) is 23.6 Å². The third-order valence-corrected chi connectivity index (χ3v) is 2.42. The van der Waals surface area contributed by atoms with Gasteiger partial charge in [0.05, 0.1) is 20.8 Å². The van der Waals surface area contributed by atoms with Crippen LogP contribution in [0, 0.1) is 11.6 Å². The highest BCUT2D eigenvalue weighted by Gasteiger charge is 2.25. The van der Waals surface area contributed by atoms with Crippen molar-refractivity contribution in [2.24, 2.45) is 5.73 Å². The maximum absolute atomic E-state index is 13.7. The Kier molecular flexibility index (Phi) is 3.61. The molecule has 0 aliphatic rings. The van der Waals surface area contributed by atoms with Gasteiger partial charge < -0.3 is 19.7 Å². The number of halogens is 2. The zero-order valence-electron chi connectivity index (χ0n) is 10.2. The minimum Gasteiger partial charge on any atom is -0.493 e. The normalized spacial score (nSPS) is 10.6. The van der Waals surface area contributed by atoms with Crippen molar-refractivity contribution in [2.45, 2.75) is 6.54 Å². The Morgan fingerprint density at radius 2 is 1.79 bits per heavy atom. The molecule has 0 spiro atoms. The van der Waals surface area contributed by atoms with Crippen LogP contribution in [0.2, 0.25) is 0 Å². The molecule has 0 unspecified atom stereocenters. The summed E-state index contributed by atoms with van der Waals surface area (Å²) in [5, 5.41) is 3.60. The van der Waals surface area contributed by atoms with E-state index in [1.54, 1.807) is 0 Å². The van der Waals surface area contributed by atoms with Gasteiger partial charge in [-0.25, -0.2) is 8.78 Å². The minimum atomic E-state index is -0.894. The molecule has 8 heteroatoms. The van der Waals surface area contributed by atoms with Gasteiger partial charge in [-0.3, -0.25) is 0 Å². The van der Waals surface area contributed by atoms with Gasteiger partial charge in [0.1, 0.15) is 5.56 Å². The summed E-state index contributed by atoms with van der Waals surface area (Å²) in [7, 11) is 2.48. The zero-order chi connectivity index (χ0) is 14.0. The summed E-state index contributed by atoms with van der Waals surface area (Å²) in [5.74, 6) is -2.19. The quantitative estimate of drug-likeness (QED) is 0.907. The lowest BCUT2D eigenvalue weighted by atomic mass is 10.1. The van der Waals surface area contributed by atoms with Crippen LogP contribution in [0.25, 0.3) is 11.4 Å². The van der Waals surface area contributed by atoms with E-state index >= 15 is 0 Å². The second kappa shape index (κ2) is 5.19. The minimum absolute atomic E-state index is 0.00935. The first-order valence-corrected chi connectivity index (χ1v) is 5.25. The lowest BCUT2D eigenvalue weighted by molar-refractivity contribution is 0.358. The Bertz CT molecular complexity index is 573. The molecule has 19 heavy (non-hydrogen) atoms. The van der Waals surface area contributed by atoms with E-state index in [0.29, 0.717) is 6.07 Å². The van der Waals surface area contributed by atoms with Gasteiger partial charge in [0.25, 0.3) is 0 Å². The molecule has 0 fully saturated rings. The van der Waals surface area contributed by atoms with E-state index in [9.17, 15) is 8.78 Å². The fourth-order valence-electron chi connectivity index (χ4n) is 1.63. The summed E-state index contributed by atoms with van der Waals surface area (Å²) in [4.78, 5) is 3.90. The second-order valence-corrected chi connectivity index (χ2v) is 3.50. The summed E-state index contributed by atoms with van der Waals surface area (Å²) >= 11 is 0. The van der Waals surface area contributed by atoms with E-state index in [1.807, 2.05) is 0 Å². The van der Waals surface area contributed by atoms with Crippen molar-refractivity contribution in [1.82, 2.24) is 10.1 Å². The van der Waals surface area contributed by atoms with Gasteiger partial charge in [-0.05, 0) is 0 Å². The number of ether oxygens (including phenoxy) is 2. The van der Waals surface area contributed by atoms with Crippen molar-refractivity contribution in [1.29, 1.82) is 0 Å². The number of hydrogen-bond donors (Lipinski definition) is 1. The Balaban J connectivity index is 2.71. The average Bonchev–Trinajstić information content (AvgIpc) is 2.86. The fraction of sp³-hybridized carbons (Fsp3) is 0.273. The van der Waals surface area contributed by atoms with E-state index in [1.165, 1.54) is 14.2 Å². The van der Waals surface area contributed by atoms with Gasteiger partial charge in [0.2, 0.25) is 11.7 Å². The molecule has 2 aromatic rings. The monoisotopic (exact) mass is 271 g/mol. The van der Waals surface area contributed by atoms with E-state index in [2.05, 4.69) is 10.1 Å². The Hall–Kier alpha value is -2.22. The molecule has 0 radical (unpaired) electrons. The smallest absolute Gasteiger partial charge is 0.240 e. The number of hydrogen-bond acceptors (Lipinski definition) is 6. The van der Waals surface area contributed by atoms with E-state index in [-0.39, 0.29) is 35.3 Å². The van der Waals surface area contributed by atoms with Gasteiger partial charge in [-0.2, -0.15) is 4.98 Å². The standard InChI is InChI=1S/C11H11F2N3O3/c1-17-9-5(12)3-6(13)10(18-2)8(9)11-15-7(4-14)19-16-11/h3H,4,14H2,1-2H3. The highest BCUT2D eigenvalue weighted by Crippen LogP contribution is 2.40. The topological polar surface area (TPSA) is 83.4 Å². The van der Waals surface area contributed by atoms with Crippen LogP contribution in [-0.2, 0) is 6.54 Å². The van der Waals surface area contributed by atoms with Crippen molar-refractivity contribution in [2.75, 3.05) is 14.2 Å². The number of benzene rings is 1. The van der Waals surface area contributed by atoms with E-state index in [4.69, 9.17) is 19.7 Å². The second-order valence-electron chi connectivity index (χ2n) is 3.50. The summed E-state index contributed by atoms with van der Waals surface area (Å²) in [6.07, 6.45) is 0. The van der Waals surface area contributed by atoms with Gasteiger partial charge in [-0.15, -0.1) is 0 Å². The highest BCUT2D eigenvalue weighted by molar-refractivity contribution is 5.72. The first kappa shape index (κ1) is 13.2. The number of nitrogens with zero attached hydrogens (tertiary/aromatic N) is 2. The van der Waals surface area contributed by atoms with Crippen LogP contribution in [0.1, 0.15) is 5.89 Å². The molecule has 1 heterocycles. The van der Waals surface area contributed by atoms with Crippen molar-refractivity contribution in [3.8, 4) is 22.9 Å². The number of methoxy groups -OCH3 is 2. The van der Waals surface area contributed by atoms with Crippen molar-refractivity contribution < 1.29 is 22.8 Å². The number of aromatic nitrogens is 2. The zero-order valence-corrected chi connectivity index (χ0v) is 10.2. The average molecular weight is 271 g/mol. The molecule has 2 N–H and O–H groups in total. The molecule has 0 aliphatic heterocycles. The predicted octanol–water partition coefficient (Wildman–Crippen LogP) is 1.49. The lowest BCUT2D eigenvalue weighted by Crippen LogP contribution is -2.01. The van der Waals surface area contributed by atoms with Gasteiger partial charge in [0, 0.05) is 6.07 Å². The molecule has 102 valence electrons. The third kappa shape index (κ3) is 2.22. The van der Waals surface area contributed by atoms with Crippen LogP contribution in [0.15, 0.2) is 10.6 Å². The molecule has 0 atom stereocenters. The summed E-state index contributed by atoms with van der Waals surface area (Å²) in [5.41, 5.74) is 5.27. The van der Waals surface area contributed by atoms with Crippen LogP contribution in [-0.4, -0.2) is 24.4 Å². The van der Waals surface area contributed by atoms with Crippen LogP contribution in [0.3, 0.4) is 0 Å². The van der Waals surface area contributed by atoms with Crippen LogP contribution >= 0.6 is 0 Å². The molecule has 1 aromatic heterocycles. The summed E-state index contributed by atoms with van der Waals surface area (Å²) < 4.78 is 41.9. The van der Waals surface area contributed by atoms with Gasteiger partial charge >= 0.3 is 0 Å². The molecule has 0 saturated carbocycles. The Labute approximate surface area is 107 Å². The van der Waals surface area contributed by atoms with Crippen LogP contribution < -0.4 is 15.2 Å².